The average Bonchev–Trinajstić information content (AvgIpc) is 3.02. The van der Waals surface area contributed by atoms with E-state index >= 15 is 0 Å². The second-order valence-electron chi connectivity index (χ2n) is 10.8. The molecule has 4 N–H and O–H groups in total. The van der Waals surface area contributed by atoms with Crippen LogP contribution in [0.4, 0.5) is 0 Å². The Balaban J connectivity index is 1.91. The van der Waals surface area contributed by atoms with Crippen molar-refractivity contribution in [1.82, 2.24) is 5.32 Å². The number of amides is 2. The SMILES string of the molecule is CCCC(C(=O)N[C@@H](CC(C)C)C(=O)O)C(O)(CSc1ccc2ccccc2[n+]1NC(=O)c1ccc(C(=O)OC)cc1)[PH2]=O. The Morgan fingerprint density at radius 2 is 1.68 bits per heavy atom. The minimum atomic E-state index is -1.93. The average molecular weight is 645 g/mol. The summed E-state index contributed by atoms with van der Waals surface area (Å²) in [6.07, 6.45) is 0.898. The highest BCUT2D eigenvalue weighted by molar-refractivity contribution is 7.99. The van der Waals surface area contributed by atoms with Crippen LogP contribution < -0.4 is 15.4 Å². The highest BCUT2D eigenvalue weighted by Crippen LogP contribution is 2.37. The van der Waals surface area contributed by atoms with Gasteiger partial charge in [-0.25, -0.2) is 9.59 Å². The summed E-state index contributed by atoms with van der Waals surface area (Å²) in [5.74, 6) is -4.11. The number of aliphatic hydroxyl groups is 1. The number of nitrogens with one attached hydrogen (secondary N) is 2. The number of nitrogens with zero attached hydrogens (tertiary/aromatic N) is 1. The molecule has 4 atom stereocenters. The summed E-state index contributed by atoms with van der Waals surface area (Å²) < 4.78 is 18.8. The quantitative estimate of drug-likeness (QED) is 0.0833. The van der Waals surface area contributed by atoms with Gasteiger partial charge < -0.3 is 24.8 Å². The Morgan fingerprint density at radius 1 is 1.02 bits per heavy atom. The molecular formula is C31H39N3O8PS+. The Labute approximate surface area is 261 Å². The fraction of sp³-hybridized carbons (Fsp3) is 0.387. The molecule has 2 aromatic carbocycles. The molecule has 1 aromatic heterocycles. The van der Waals surface area contributed by atoms with E-state index in [2.05, 4.69) is 10.7 Å². The molecule has 0 radical (unpaired) electrons. The molecule has 0 aliphatic carbocycles. The Kier molecular flexibility index (Phi) is 12.5. The first-order chi connectivity index (χ1) is 20.9. The van der Waals surface area contributed by atoms with Gasteiger partial charge in [-0.1, -0.05) is 55.8 Å². The minimum Gasteiger partial charge on any atom is -0.480 e. The van der Waals surface area contributed by atoms with E-state index in [1.165, 1.54) is 31.4 Å². The van der Waals surface area contributed by atoms with Gasteiger partial charge >= 0.3 is 17.8 Å². The summed E-state index contributed by atoms with van der Waals surface area (Å²) in [5.41, 5.74) is 4.09. The third-order valence-corrected chi connectivity index (χ3v) is 9.59. The van der Waals surface area contributed by atoms with Gasteiger partial charge in [0, 0.05) is 28.8 Å². The number of carbonyl (C=O) groups is 4. The maximum absolute atomic E-state index is 13.3. The van der Waals surface area contributed by atoms with E-state index in [0.29, 0.717) is 22.5 Å². The van der Waals surface area contributed by atoms with E-state index in [1.54, 1.807) is 22.9 Å². The lowest BCUT2D eigenvalue weighted by Crippen LogP contribution is -2.52. The van der Waals surface area contributed by atoms with Gasteiger partial charge in [0.2, 0.25) is 11.4 Å². The van der Waals surface area contributed by atoms with Crippen molar-refractivity contribution in [2.45, 2.75) is 56.4 Å². The molecular weight excluding hydrogens is 605 g/mol. The summed E-state index contributed by atoms with van der Waals surface area (Å²) in [5, 5.41) is 23.1. The Morgan fingerprint density at radius 3 is 2.27 bits per heavy atom. The molecule has 44 heavy (non-hydrogen) atoms. The number of ether oxygens (including phenoxy) is 1. The van der Waals surface area contributed by atoms with Crippen LogP contribution in [0.2, 0.25) is 0 Å². The number of benzene rings is 2. The standard InChI is InChI=1S/C31H38N3O8PS/c1-5-8-23(28(36)32-24(29(37)38)17-19(2)3)31(40,43-41)18-44-26-16-15-20-9-6-7-10-25(20)34(26)33-27(35)21-11-13-22(14-12-21)30(39)42-4/h6-7,9-16,19,23-24,40H,5,8,17-18,43H2,1-4H3,(H2-,32,33,35,36,37,38)/p+1/t23?,24-,31?/m0/s1. The molecule has 0 fully saturated rings. The summed E-state index contributed by atoms with van der Waals surface area (Å²) in [4.78, 5) is 50.2. The summed E-state index contributed by atoms with van der Waals surface area (Å²) in [6, 6.07) is 15.7. The largest absolute Gasteiger partial charge is 0.480 e. The normalized spacial score (nSPS) is 14.2. The second-order valence-corrected chi connectivity index (χ2v) is 13.1. The van der Waals surface area contributed by atoms with E-state index in [9.17, 15) is 34.0 Å². The number of thioether (sulfide) groups is 1. The monoisotopic (exact) mass is 644 g/mol. The fourth-order valence-electron chi connectivity index (χ4n) is 4.72. The van der Waals surface area contributed by atoms with Crippen LogP contribution in [0, 0.1) is 11.8 Å². The van der Waals surface area contributed by atoms with Crippen molar-refractivity contribution in [3.63, 3.8) is 0 Å². The maximum Gasteiger partial charge on any atom is 0.337 e. The van der Waals surface area contributed by atoms with Crippen LogP contribution >= 0.6 is 20.2 Å². The van der Waals surface area contributed by atoms with Gasteiger partial charge in [0.05, 0.1) is 27.1 Å². The number of aliphatic carboxylic acids is 1. The van der Waals surface area contributed by atoms with E-state index in [1.807, 2.05) is 39.0 Å². The maximum atomic E-state index is 13.3. The number of methoxy groups -OCH3 is 1. The molecule has 13 heteroatoms. The van der Waals surface area contributed by atoms with E-state index < -0.39 is 49.5 Å². The van der Waals surface area contributed by atoms with Crippen LogP contribution in [-0.2, 0) is 18.9 Å². The molecule has 3 aromatic rings. The zero-order valence-corrected chi connectivity index (χ0v) is 27.1. The lowest BCUT2D eigenvalue weighted by Gasteiger charge is -2.31. The number of para-hydroxylation sites is 1. The van der Waals surface area contributed by atoms with Gasteiger partial charge in [-0.05, 0) is 55.2 Å². The Bertz CT molecular complexity index is 1520. The number of pyridine rings is 1. The third kappa shape index (κ3) is 8.68. The predicted molar refractivity (Wildman–Crippen MR) is 169 cm³/mol. The van der Waals surface area contributed by atoms with Crippen molar-refractivity contribution in [2.24, 2.45) is 11.8 Å². The number of aromatic nitrogens is 1. The molecule has 0 bridgehead atoms. The fourth-order valence-corrected chi connectivity index (χ4v) is 6.75. The first-order valence-electron chi connectivity index (χ1n) is 14.2. The number of fused-ring (bicyclic) bond motifs is 1. The van der Waals surface area contributed by atoms with E-state index in [-0.39, 0.29) is 30.1 Å². The lowest BCUT2D eigenvalue weighted by atomic mass is 9.95. The minimum absolute atomic E-state index is 0.00458. The molecule has 2 amide bonds. The number of carboxylic acid groups (broad SMARTS) is 1. The smallest absolute Gasteiger partial charge is 0.337 e. The third-order valence-electron chi connectivity index (χ3n) is 7.06. The molecule has 0 saturated carbocycles. The number of carboxylic acids is 1. The zero-order valence-electron chi connectivity index (χ0n) is 25.1. The molecule has 0 aliphatic heterocycles. The number of esters is 1. The van der Waals surface area contributed by atoms with Crippen LogP contribution in [-0.4, -0.2) is 58.2 Å². The first-order valence-corrected chi connectivity index (χ1v) is 16.3. The summed E-state index contributed by atoms with van der Waals surface area (Å²) >= 11 is 1.11. The van der Waals surface area contributed by atoms with Crippen LogP contribution in [0.25, 0.3) is 10.9 Å². The van der Waals surface area contributed by atoms with Crippen LogP contribution in [0.3, 0.4) is 0 Å². The van der Waals surface area contributed by atoms with Crippen molar-refractivity contribution in [3.8, 4) is 0 Å². The predicted octanol–water partition coefficient (Wildman–Crippen LogP) is 3.87. The van der Waals surface area contributed by atoms with E-state index in [4.69, 9.17) is 4.74 Å². The van der Waals surface area contributed by atoms with Crippen molar-refractivity contribution in [3.05, 3.63) is 71.8 Å². The second kappa shape index (κ2) is 15.8. The highest BCUT2D eigenvalue weighted by atomic mass is 32.2. The molecule has 0 aliphatic rings. The van der Waals surface area contributed by atoms with Gasteiger partial charge in [-0.2, -0.15) is 0 Å². The number of rotatable bonds is 15. The van der Waals surface area contributed by atoms with Crippen LogP contribution in [0.5, 0.6) is 0 Å². The zero-order chi connectivity index (χ0) is 32.4. The summed E-state index contributed by atoms with van der Waals surface area (Å²) in [7, 11) is -0.603. The van der Waals surface area contributed by atoms with Gasteiger partial charge in [0.1, 0.15) is 11.4 Å². The molecule has 3 rings (SSSR count). The van der Waals surface area contributed by atoms with Gasteiger partial charge in [0.25, 0.3) is 5.03 Å². The lowest BCUT2D eigenvalue weighted by molar-refractivity contribution is -0.653. The topological polar surface area (TPSA) is 163 Å². The number of hydrogen-bond acceptors (Lipinski definition) is 8. The number of carbonyl (C=O) groups excluding carboxylic acids is 3. The van der Waals surface area contributed by atoms with E-state index in [0.717, 1.165) is 17.1 Å². The molecule has 1 heterocycles. The molecule has 3 unspecified atom stereocenters. The van der Waals surface area contributed by atoms with Gasteiger partial charge in [0.15, 0.2) is 0 Å². The van der Waals surface area contributed by atoms with Crippen molar-refractivity contribution in [1.29, 1.82) is 0 Å². The highest BCUT2D eigenvalue weighted by Gasteiger charge is 2.42. The summed E-state index contributed by atoms with van der Waals surface area (Å²) in [6.45, 7) is 5.51. The molecule has 11 nitrogen and oxygen atoms in total. The van der Waals surface area contributed by atoms with Crippen molar-refractivity contribution < 1.29 is 43.4 Å². The van der Waals surface area contributed by atoms with Gasteiger partial charge in [-0.15, -0.1) is 5.43 Å². The molecule has 0 spiro atoms. The first kappa shape index (κ1) is 34.8. The van der Waals surface area contributed by atoms with Crippen LogP contribution in [0.1, 0.15) is 60.7 Å². The van der Waals surface area contributed by atoms with Crippen molar-refractivity contribution >= 4 is 54.9 Å². The number of hydrogen-bond donors (Lipinski definition) is 4. The van der Waals surface area contributed by atoms with Crippen LogP contribution in [0.15, 0.2) is 65.7 Å². The molecule has 0 saturated heterocycles. The Hall–Kier alpha value is -3.73. The van der Waals surface area contributed by atoms with Gasteiger partial charge in [-0.3, -0.25) is 9.59 Å². The van der Waals surface area contributed by atoms with Crippen molar-refractivity contribution in [2.75, 3.05) is 18.3 Å². The molecule has 236 valence electrons.